The molecule has 1 aromatic heterocycles. The van der Waals surface area contributed by atoms with Gasteiger partial charge in [0, 0.05) is 29.9 Å². The fraction of sp³-hybridized carbons (Fsp3) is 0.308. The van der Waals surface area contributed by atoms with Crippen LogP contribution < -0.4 is 5.32 Å². The summed E-state index contributed by atoms with van der Waals surface area (Å²) in [5, 5.41) is 19.7. The average Bonchev–Trinajstić information content (AvgIpc) is 2.75. The van der Waals surface area contributed by atoms with Crippen LogP contribution in [0.25, 0.3) is 0 Å². The van der Waals surface area contributed by atoms with E-state index in [4.69, 9.17) is 0 Å². The van der Waals surface area contributed by atoms with Crippen molar-refractivity contribution >= 4 is 0 Å². The summed E-state index contributed by atoms with van der Waals surface area (Å²) in [6.07, 6.45) is 0.885. The number of hydrogen-bond donors (Lipinski definition) is 3. The zero-order valence-electron chi connectivity index (χ0n) is 10.2. The van der Waals surface area contributed by atoms with Gasteiger partial charge in [0.25, 0.3) is 0 Å². The first-order valence-electron chi connectivity index (χ1n) is 5.80. The molecule has 0 bridgehead atoms. The molecule has 1 aromatic carbocycles. The third kappa shape index (κ3) is 2.94. The van der Waals surface area contributed by atoms with Gasteiger partial charge in [0.15, 0.2) is 0 Å². The van der Waals surface area contributed by atoms with E-state index in [0.717, 1.165) is 11.3 Å². The zero-order valence-corrected chi connectivity index (χ0v) is 10.2. The monoisotopic (exact) mass is 249 g/mol. The summed E-state index contributed by atoms with van der Waals surface area (Å²) < 4.78 is 13.4. The van der Waals surface area contributed by atoms with E-state index in [2.05, 4.69) is 15.5 Å². The molecule has 0 saturated heterocycles. The molecule has 2 rings (SSSR count). The van der Waals surface area contributed by atoms with Gasteiger partial charge in [-0.15, -0.1) is 0 Å². The third-order valence-electron chi connectivity index (χ3n) is 2.85. The number of H-pyrrole nitrogens is 1. The molecule has 0 radical (unpaired) electrons. The van der Waals surface area contributed by atoms with Crippen molar-refractivity contribution in [1.82, 2.24) is 15.5 Å². The molecule has 5 heteroatoms. The number of aromatic nitrogens is 2. The summed E-state index contributed by atoms with van der Waals surface area (Å²) in [6, 6.07) is 6.25. The number of aliphatic hydroxyl groups excluding tert-OH is 1. The molecule has 0 fully saturated rings. The lowest BCUT2D eigenvalue weighted by molar-refractivity contribution is 0.169. The molecular formula is C13H16FN3O. The van der Waals surface area contributed by atoms with Crippen LogP contribution in [0, 0.1) is 12.7 Å². The third-order valence-corrected chi connectivity index (χ3v) is 2.85. The number of nitrogens with zero attached hydrogens (tertiary/aromatic N) is 1. The topological polar surface area (TPSA) is 60.9 Å². The minimum Gasteiger partial charge on any atom is -0.387 e. The Kier molecular flexibility index (Phi) is 4.07. The Bertz CT molecular complexity index is 512. The number of aryl methyl sites for hydroxylation is 1. The molecule has 1 heterocycles. The lowest BCUT2D eigenvalue weighted by Gasteiger charge is -2.12. The molecule has 1 atom stereocenters. The molecule has 18 heavy (non-hydrogen) atoms. The molecule has 96 valence electrons. The van der Waals surface area contributed by atoms with Crippen molar-refractivity contribution in [2.75, 3.05) is 6.54 Å². The molecule has 0 amide bonds. The van der Waals surface area contributed by atoms with Crippen molar-refractivity contribution in [3.63, 3.8) is 0 Å². The van der Waals surface area contributed by atoms with Crippen LogP contribution in [0.3, 0.4) is 0 Å². The number of aromatic amines is 1. The van der Waals surface area contributed by atoms with Gasteiger partial charge in [-0.1, -0.05) is 18.2 Å². The largest absolute Gasteiger partial charge is 0.387 e. The second kappa shape index (κ2) is 5.75. The van der Waals surface area contributed by atoms with E-state index in [-0.39, 0.29) is 5.82 Å². The van der Waals surface area contributed by atoms with E-state index in [1.807, 2.05) is 6.92 Å². The number of aliphatic hydroxyl groups is 1. The molecule has 0 aliphatic heterocycles. The van der Waals surface area contributed by atoms with Gasteiger partial charge in [0.2, 0.25) is 0 Å². The first-order valence-corrected chi connectivity index (χ1v) is 5.80. The van der Waals surface area contributed by atoms with Crippen molar-refractivity contribution in [1.29, 1.82) is 0 Å². The minimum atomic E-state index is -0.849. The summed E-state index contributed by atoms with van der Waals surface area (Å²) in [6.45, 7) is 2.82. The minimum absolute atomic E-state index is 0.297. The highest BCUT2D eigenvalue weighted by molar-refractivity contribution is 5.20. The Labute approximate surface area is 105 Å². The van der Waals surface area contributed by atoms with Crippen LogP contribution in [0.1, 0.15) is 22.9 Å². The van der Waals surface area contributed by atoms with Crippen molar-refractivity contribution < 1.29 is 9.50 Å². The van der Waals surface area contributed by atoms with Crippen LogP contribution in [0.5, 0.6) is 0 Å². The summed E-state index contributed by atoms with van der Waals surface area (Å²) in [4.78, 5) is 0. The van der Waals surface area contributed by atoms with E-state index in [1.165, 1.54) is 6.07 Å². The fourth-order valence-electron chi connectivity index (χ4n) is 1.75. The van der Waals surface area contributed by atoms with E-state index in [9.17, 15) is 9.50 Å². The predicted octanol–water partition coefficient (Wildman–Crippen LogP) is 1.68. The Hall–Kier alpha value is -1.72. The molecule has 0 aliphatic rings. The van der Waals surface area contributed by atoms with Crippen molar-refractivity contribution in [2.45, 2.75) is 19.6 Å². The summed E-state index contributed by atoms with van der Waals surface area (Å²) in [7, 11) is 0. The van der Waals surface area contributed by atoms with Gasteiger partial charge in [-0.3, -0.25) is 5.10 Å². The van der Waals surface area contributed by atoms with Crippen LogP contribution in [0.4, 0.5) is 4.39 Å². The van der Waals surface area contributed by atoms with Crippen molar-refractivity contribution in [3.05, 3.63) is 53.1 Å². The maximum absolute atomic E-state index is 13.4. The summed E-state index contributed by atoms with van der Waals surface area (Å²) in [5.74, 6) is -0.383. The van der Waals surface area contributed by atoms with E-state index >= 15 is 0 Å². The Morgan fingerprint density at radius 1 is 1.44 bits per heavy atom. The normalized spacial score (nSPS) is 12.6. The Morgan fingerprint density at radius 2 is 2.22 bits per heavy atom. The number of hydrogen-bond acceptors (Lipinski definition) is 3. The van der Waals surface area contributed by atoms with Crippen LogP contribution in [0.2, 0.25) is 0 Å². The highest BCUT2D eigenvalue weighted by atomic mass is 19.1. The van der Waals surface area contributed by atoms with Crippen LogP contribution >= 0.6 is 0 Å². The summed E-state index contributed by atoms with van der Waals surface area (Å²) in [5.41, 5.74) is 2.34. The number of nitrogens with one attached hydrogen (secondary N) is 2. The molecule has 1 unspecified atom stereocenters. The zero-order chi connectivity index (χ0) is 13.0. The maximum atomic E-state index is 13.4. The van der Waals surface area contributed by atoms with Crippen molar-refractivity contribution in [3.8, 4) is 0 Å². The Balaban J connectivity index is 1.87. The van der Waals surface area contributed by atoms with Gasteiger partial charge < -0.3 is 10.4 Å². The predicted molar refractivity (Wildman–Crippen MR) is 66.4 cm³/mol. The highest BCUT2D eigenvalue weighted by Gasteiger charge is 2.11. The maximum Gasteiger partial charge on any atom is 0.129 e. The van der Waals surface area contributed by atoms with Gasteiger partial charge in [0.05, 0.1) is 12.3 Å². The molecule has 4 nitrogen and oxygen atoms in total. The second-order valence-electron chi connectivity index (χ2n) is 4.19. The Morgan fingerprint density at radius 3 is 2.89 bits per heavy atom. The smallest absolute Gasteiger partial charge is 0.129 e. The molecule has 2 aromatic rings. The molecule has 0 saturated carbocycles. The number of halogens is 1. The number of benzene rings is 1. The van der Waals surface area contributed by atoms with Gasteiger partial charge >= 0.3 is 0 Å². The quantitative estimate of drug-likeness (QED) is 0.755. The second-order valence-corrected chi connectivity index (χ2v) is 4.19. The van der Waals surface area contributed by atoms with Gasteiger partial charge in [-0.05, 0) is 13.0 Å². The molecular weight excluding hydrogens is 233 g/mol. The summed E-state index contributed by atoms with van der Waals surface area (Å²) >= 11 is 0. The van der Waals surface area contributed by atoms with Crippen LogP contribution in [-0.4, -0.2) is 21.8 Å². The van der Waals surface area contributed by atoms with E-state index in [1.54, 1.807) is 24.4 Å². The van der Waals surface area contributed by atoms with Crippen molar-refractivity contribution in [2.24, 2.45) is 0 Å². The van der Waals surface area contributed by atoms with E-state index < -0.39 is 6.10 Å². The first kappa shape index (κ1) is 12.7. The lowest BCUT2D eigenvalue weighted by atomic mass is 10.1. The molecule has 0 spiro atoms. The van der Waals surface area contributed by atoms with E-state index in [0.29, 0.717) is 18.7 Å². The standard InChI is InChI=1S/C13H16FN3O/c1-9-10(7-16-17-9)6-15-8-13(18)11-4-2-3-5-12(11)14/h2-5,7,13,15,18H,6,8H2,1H3,(H,16,17). The fourth-order valence-corrected chi connectivity index (χ4v) is 1.75. The van der Waals surface area contributed by atoms with Gasteiger partial charge in [-0.25, -0.2) is 4.39 Å². The number of rotatable bonds is 5. The average molecular weight is 249 g/mol. The van der Waals surface area contributed by atoms with Gasteiger partial charge in [0.1, 0.15) is 5.82 Å². The lowest BCUT2D eigenvalue weighted by Crippen LogP contribution is -2.21. The van der Waals surface area contributed by atoms with Crippen LogP contribution in [-0.2, 0) is 6.54 Å². The highest BCUT2D eigenvalue weighted by Crippen LogP contribution is 2.15. The first-order chi connectivity index (χ1) is 8.68. The SMILES string of the molecule is Cc1[nH]ncc1CNCC(O)c1ccccc1F. The van der Waals surface area contributed by atoms with Crippen LogP contribution in [0.15, 0.2) is 30.5 Å². The molecule has 3 N–H and O–H groups in total. The molecule has 0 aliphatic carbocycles. The van der Waals surface area contributed by atoms with Gasteiger partial charge in [-0.2, -0.15) is 5.10 Å².